The zero-order valence-corrected chi connectivity index (χ0v) is 7.37. The number of rotatable bonds is 2. The summed E-state index contributed by atoms with van der Waals surface area (Å²) < 4.78 is 12.8. The van der Waals surface area contributed by atoms with Crippen LogP contribution >= 0.6 is 0 Å². The molecule has 0 amide bonds. The first-order valence-electron chi connectivity index (χ1n) is 4.21. The predicted molar refractivity (Wildman–Crippen MR) is 50.1 cm³/mol. The molecule has 4 nitrogen and oxygen atoms in total. The molecule has 0 saturated heterocycles. The van der Waals surface area contributed by atoms with Gasteiger partial charge in [0.15, 0.2) is 0 Å². The van der Waals surface area contributed by atoms with Crippen molar-refractivity contribution in [1.29, 1.82) is 0 Å². The second-order valence-corrected chi connectivity index (χ2v) is 3.11. The average molecular weight is 195 g/mol. The van der Waals surface area contributed by atoms with Crippen LogP contribution in [0.3, 0.4) is 0 Å². The number of aromatic nitrogens is 2. The number of nitrogens with two attached hydrogens (primary N) is 1. The first-order chi connectivity index (χ1) is 6.70. The lowest BCUT2D eigenvalue weighted by Gasteiger charge is -2.02. The Morgan fingerprint density at radius 3 is 3.07 bits per heavy atom. The Labute approximate surface area is 79.6 Å². The van der Waals surface area contributed by atoms with Crippen LogP contribution in [0.2, 0.25) is 0 Å². The number of hydrogen-bond donors (Lipinski definition) is 3. The molecule has 2 aromatic rings. The van der Waals surface area contributed by atoms with Crippen LogP contribution in [0, 0.1) is 5.82 Å². The van der Waals surface area contributed by atoms with Gasteiger partial charge in [0.25, 0.3) is 0 Å². The third-order valence-electron chi connectivity index (χ3n) is 2.05. The Morgan fingerprint density at radius 1 is 1.57 bits per heavy atom. The van der Waals surface area contributed by atoms with Gasteiger partial charge < -0.3 is 15.8 Å². The summed E-state index contributed by atoms with van der Waals surface area (Å²) in [5.41, 5.74) is 6.82. The lowest BCUT2D eigenvalue weighted by atomic mass is 10.2. The molecular formula is C9H10FN3O. The van der Waals surface area contributed by atoms with Crippen molar-refractivity contribution in [3.63, 3.8) is 0 Å². The van der Waals surface area contributed by atoms with E-state index in [9.17, 15) is 4.39 Å². The molecule has 14 heavy (non-hydrogen) atoms. The van der Waals surface area contributed by atoms with Crippen molar-refractivity contribution in [3.8, 4) is 0 Å². The van der Waals surface area contributed by atoms with Crippen molar-refractivity contribution in [2.75, 3.05) is 6.61 Å². The maximum atomic E-state index is 12.8. The van der Waals surface area contributed by atoms with Gasteiger partial charge in [-0.2, -0.15) is 0 Å². The van der Waals surface area contributed by atoms with E-state index in [1.165, 1.54) is 6.07 Å². The third-order valence-corrected chi connectivity index (χ3v) is 2.05. The highest BCUT2D eigenvalue weighted by Crippen LogP contribution is 2.17. The van der Waals surface area contributed by atoms with Crippen LogP contribution in [0.25, 0.3) is 11.0 Å². The normalized spacial score (nSPS) is 13.4. The predicted octanol–water partition coefficient (Wildman–Crippen LogP) is 0.694. The van der Waals surface area contributed by atoms with Crippen LogP contribution < -0.4 is 5.73 Å². The van der Waals surface area contributed by atoms with Gasteiger partial charge in [0.2, 0.25) is 0 Å². The number of fused-ring (bicyclic) bond motifs is 1. The lowest BCUT2D eigenvalue weighted by Crippen LogP contribution is -2.14. The minimum atomic E-state index is -0.479. The molecule has 0 aliphatic heterocycles. The van der Waals surface area contributed by atoms with Crippen molar-refractivity contribution in [1.82, 2.24) is 9.97 Å². The SMILES string of the molecule is NC(CO)c1cc2cc(F)cnc2[nH]1. The van der Waals surface area contributed by atoms with E-state index in [-0.39, 0.29) is 12.4 Å². The number of nitrogens with one attached hydrogen (secondary N) is 1. The molecule has 0 spiro atoms. The molecule has 2 heterocycles. The monoisotopic (exact) mass is 195 g/mol. The molecule has 74 valence electrons. The number of pyridine rings is 1. The largest absolute Gasteiger partial charge is 0.394 e. The van der Waals surface area contributed by atoms with E-state index in [1.807, 2.05) is 0 Å². The maximum absolute atomic E-state index is 12.8. The van der Waals surface area contributed by atoms with Crippen LogP contribution in [0.5, 0.6) is 0 Å². The molecule has 0 saturated carbocycles. The average Bonchev–Trinajstić information content (AvgIpc) is 2.59. The summed E-state index contributed by atoms with van der Waals surface area (Å²) in [5, 5.41) is 9.48. The molecule has 0 aromatic carbocycles. The third kappa shape index (κ3) is 1.47. The van der Waals surface area contributed by atoms with Crippen molar-refractivity contribution < 1.29 is 9.50 Å². The maximum Gasteiger partial charge on any atom is 0.142 e. The van der Waals surface area contributed by atoms with E-state index in [2.05, 4.69) is 9.97 Å². The van der Waals surface area contributed by atoms with Crippen LogP contribution in [0.4, 0.5) is 4.39 Å². The second-order valence-electron chi connectivity index (χ2n) is 3.11. The van der Waals surface area contributed by atoms with Crippen LogP contribution in [-0.4, -0.2) is 21.7 Å². The van der Waals surface area contributed by atoms with E-state index < -0.39 is 6.04 Å². The lowest BCUT2D eigenvalue weighted by molar-refractivity contribution is 0.266. The van der Waals surface area contributed by atoms with Gasteiger partial charge in [-0.25, -0.2) is 9.37 Å². The Hall–Kier alpha value is -1.46. The minimum Gasteiger partial charge on any atom is -0.394 e. The van der Waals surface area contributed by atoms with Crippen molar-refractivity contribution in [2.45, 2.75) is 6.04 Å². The van der Waals surface area contributed by atoms with Crippen molar-refractivity contribution in [3.05, 3.63) is 29.8 Å². The quantitative estimate of drug-likeness (QED) is 0.660. The number of aliphatic hydroxyl groups excluding tert-OH is 1. The molecular weight excluding hydrogens is 185 g/mol. The van der Waals surface area contributed by atoms with Gasteiger partial charge >= 0.3 is 0 Å². The number of H-pyrrole nitrogens is 1. The smallest absolute Gasteiger partial charge is 0.142 e. The summed E-state index contributed by atoms with van der Waals surface area (Å²) in [4.78, 5) is 6.76. The summed E-state index contributed by atoms with van der Waals surface area (Å²) in [6, 6.07) is 2.57. The van der Waals surface area contributed by atoms with E-state index in [0.717, 1.165) is 6.20 Å². The Morgan fingerprint density at radius 2 is 2.36 bits per heavy atom. The molecule has 1 unspecified atom stereocenters. The molecule has 0 bridgehead atoms. The fourth-order valence-electron chi connectivity index (χ4n) is 1.31. The summed E-state index contributed by atoms with van der Waals surface area (Å²) in [6.45, 7) is -0.157. The molecule has 1 atom stereocenters. The molecule has 0 fully saturated rings. The van der Waals surface area contributed by atoms with Gasteiger partial charge in [0, 0.05) is 11.1 Å². The van der Waals surface area contributed by atoms with E-state index in [0.29, 0.717) is 16.7 Å². The van der Waals surface area contributed by atoms with Crippen LogP contribution in [0.15, 0.2) is 18.3 Å². The number of aliphatic hydroxyl groups is 1. The van der Waals surface area contributed by atoms with Gasteiger partial charge in [-0.15, -0.1) is 0 Å². The summed E-state index contributed by atoms with van der Waals surface area (Å²) in [7, 11) is 0. The molecule has 5 heteroatoms. The highest BCUT2D eigenvalue weighted by atomic mass is 19.1. The van der Waals surface area contributed by atoms with Crippen LogP contribution in [-0.2, 0) is 0 Å². The zero-order chi connectivity index (χ0) is 10.1. The Kier molecular flexibility index (Phi) is 2.18. The Bertz CT molecular complexity index is 454. The highest BCUT2D eigenvalue weighted by molar-refractivity contribution is 5.76. The summed E-state index contributed by atoms with van der Waals surface area (Å²) >= 11 is 0. The molecule has 2 aromatic heterocycles. The fraction of sp³-hybridized carbons (Fsp3) is 0.222. The fourth-order valence-corrected chi connectivity index (χ4v) is 1.31. The number of nitrogens with zero attached hydrogens (tertiary/aromatic N) is 1. The topological polar surface area (TPSA) is 74.9 Å². The van der Waals surface area contributed by atoms with Gasteiger partial charge in [-0.1, -0.05) is 0 Å². The zero-order valence-electron chi connectivity index (χ0n) is 7.37. The number of halogens is 1. The highest BCUT2D eigenvalue weighted by Gasteiger charge is 2.08. The summed E-state index contributed by atoms with van der Waals surface area (Å²) in [6.07, 6.45) is 1.13. The van der Waals surface area contributed by atoms with Gasteiger partial charge in [-0.05, 0) is 12.1 Å². The van der Waals surface area contributed by atoms with E-state index >= 15 is 0 Å². The minimum absolute atomic E-state index is 0.157. The van der Waals surface area contributed by atoms with Crippen molar-refractivity contribution in [2.24, 2.45) is 5.73 Å². The van der Waals surface area contributed by atoms with Gasteiger partial charge in [0.1, 0.15) is 11.5 Å². The standard InChI is InChI=1S/C9H10FN3O/c10-6-1-5-2-8(7(11)4-14)13-9(5)12-3-6/h1-3,7,14H,4,11H2,(H,12,13). The summed E-state index contributed by atoms with van der Waals surface area (Å²) in [5.74, 6) is -0.388. The molecule has 0 aliphatic rings. The molecule has 0 aliphatic carbocycles. The van der Waals surface area contributed by atoms with Crippen LogP contribution in [0.1, 0.15) is 11.7 Å². The molecule has 4 N–H and O–H groups in total. The first-order valence-corrected chi connectivity index (χ1v) is 4.21. The molecule has 2 rings (SSSR count). The van der Waals surface area contributed by atoms with E-state index in [1.54, 1.807) is 6.07 Å². The number of hydrogen-bond acceptors (Lipinski definition) is 3. The Balaban J connectivity index is 2.51. The first kappa shape index (κ1) is 9.11. The van der Waals surface area contributed by atoms with Gasteiger partial charge in [-0.3, -0.25) is 0 Å². The number of aromatic amines is 1. The van der Waals surface area contributed by atoms with Gasteiger partial charge in [0.05, 0.1) is 18.8 Å². The van der Waals surface area contributed by atoms with E-state index in [4.69, 9.17) is 10.8 Å². The molecule has 0 radical (unpaired) electrons. The second kappa shape index (κ2) is 3.36. The van der Waals surface area contributed by atoms with Crippen molar-refractivity contribution >= 4 is 11.0 Å².